The quantitative estimate of drug-likeness (QED) is 0.0972. The lowest BCUT2D eigenvalue weighted by atomic mass is 9.95. The zero-order chi connectivity index (χ0) is 26.1. The molecule has 2 aromatic carbocycles. The number of Topliss-reactive ketones (excluding diaryl/α,β-unsaturated/α-hetero) is 1. The molecule has 5 rings (SSSR count). The number of anilines is 1. The van der Waals surface area contributed by atoms with Gasteiger partial charge in [0.1, 0.15) is 11.5 Å². The van der Waals surface area contributed by atoms with Gasteiger partial charge in [0.15, 0.2) is 4.34 Å². The van der Waals surface area contributed by atoms with Crippen LogP contribution in [0, 0.1) is 0 Å². The van der Waals surface area contributed by atoms with Gasteiger partial charge in [-0.2, -0.15) is 0 Å². The largest absolute Gasteiger partial charge is 0.508 e. The average molecular weight is 571 g/mol. The lowest BCUT2D eigenvalue weighted by Crippen LogP contribution is -2.29. The van der Waals surface area contributed by atoms with Gasteiger partial charge in [-0.15, -0.1) is 10.2 Å². The third-order valence-corrected chi connectivity index (χ3v) is 8.24. The minimum atomic E-state index is -1.03. The molecule has 0 radical (unpaired) electrons. The number of rotatable bonds is 6. The standard InChI is InChI=1S/C25H16Cl2N4O4S2/c26-16-5-4-15(18(27)11-16)12-36-25-30-29-24(37-25)31-20(14-2-1-3-17(32)10-14)19(22(34)23(31)35)21(33)13-6-8-28-9-7-13/h1-11,20,32-33H,12H2. The first kappa shape index (κ1) is 25.2. The van der Waals surface area contributed by atoms with E-state index in [1.165, 1.54) is 53.3 Å². The van der Waals surface area contributed by atoms with Gasteiger partial charge in [0.25, 0.3) is 5.78 Å². The minimum Gasteiger partial charge on any atom is -0.508 e. The number of phenolic OH excluding ortho intramolecular Hbond substituents is 1. The second-order valence-corrected chi connectivity index (χ2v) is 10.9. The lowest BCUT2D eigenvalue weighted by molar-refractivity contribution is -0.132. The Labute approximate surface area is 229 Å². The number of phenols is 1. The molecular formula is C25H16Cl2N4O4S2. The number of aliphatic hydroxyl groups is 1. The zero-order valence-corrected chi connectivity index (χ0v) is 21.9. The molecule has 1 aliphatic heterocycles. The van der Waals surface area contributed by atoms with Crippen molar-refractivity contribution in [2.24, 2.45) is 0 Å². The second-order valence-electron chi connectivity index (χ2n) is 7.87. The zero-order valence-electron chi connectivity index (χ0n) is 18.7. The van der Waals surface area contributed by atoms with Gasteiger partial charge >= 0.3 is 5.91 Å². The minimum absolute atomic E-state index is 0.0552. The van der Waals surface area contributed by atoms with Crippen molar-refractivity contribution in [3.8, 4) is 5.75 Å². The van der Waals surface area contributed by atoms with Crippen molar-refractivity contribution in [3.63, 3.8) is 0 Å². The Morgan fingerprint density at radius 2 is 1.84 bits per heavy atom. The highest BCUT2D eigenvalue weighted by Crippen LogP contribution is 2.44. The fourth-order valence-corrected chi connectivity index (χ4v) is 6.27. The van der Waals surface area contributed by atoms with E-state index in [1.54, 1.807) is 24.3 Å². The van der Waals surface area contributed by atoms with E-state index in [-0.39, 0.29) is 22.2 Å². The van der Waals surface area contributed by atoms with E-state index in [4.69, 9.17) is 23.2 Å². The van der Waals surface area contributed by atoms with E-state index in [1.807, 2.05) is 6.07 Å². The first-order chi connectivity index (χ1) is 17.8. The highest BCUT2D eigenvalue weighted by Gasteiger charge is 2.48. The Morgan fingerprint density at radius 3 is 2.57 bits per heavy atom. The van der Waals surface area contributed by atoms with Gasteiger partial charge in [0, 0.05) is 33.8 Å². The molecule has 4 aromatic rings. The predicted octanol–water partition coefficient (Wildman–Crippen LogP) is 5.86. The number of ketones is 1. The Hall–Kier alpha value is -3.44. The number of halogens is 2. The summed E-state index contributed by atoms with van der Waals surface area (Å²) in [6, 6.07) is 13.4. The van der Waals surface area contributed by atoms with Gasteiger partial charge < -0.3 is 10.2 Å². The van der Waals surface area contributed by atoms with E-state index >= 15 is 0 Å². The molecule has 0 spiro atoms. The molecule has 2 aromatic heterocycles. The van der Waals surface area contributed by atoms with Crippen LogP contribution in [0.1, 0.15) is 22.7 Å². The van der Waals surface area contributed by atoms with Crippen LogP contribution >= 0.6 is 46.3 Å². The topological polar surface area (TPSA) is 117 Å². The molecule has 1 fully saturated rings. The summed E-state index contributed by atoms with van der Waals surface area (Å²) in [5, 5.41) is 30.7. The van der Waals surface area contributed by atoms with Crippen molar-refractivity contribution in [1.82, 2.24) is 15.2 Å². The van der Waals surface area contributed by atoms with Gasteiger partial charge in [-0.1, -0.05) is 64.5 Å². The van der Waals surface area contributed by atoms with Gasteiger partial charge in [-0.05, 0) is 47.5 Å². The fraction of sp³-hybridized carbons (Fsp3) is 0.0800. The maximum atomic E-state index is 13.2. The van der Waals surface area contributed by atoms with Crippen LogP contribution < -0.4 is 4.90 Å². The highest BCUT2D eigenvalue weighted by molar-refractivity contribution is 8.00. The number of amides is 1. The summed E-state index contributed by atoms with van der Waals surface area (Å²) in [6.07, 6.45) is 2.94. The molecule has 2 N–H and O–H groups in total. The molecule has 8 nitrogen and oxygen atoms in total. The van der Waals surface area contributed by atoms with Gasteiger partial charge in [-0.25, -0.2) is 0 Å². The fourth-order valence-electron chi connectivity index (χ4n) is 3.84. The first-order valence-corrected chi connectivity index (χ1v) is 13.3. The monoisotopic (exact) mass is 570 g/mol. The molecule has 0 bridgehead atoms. The maximum absolute atomic E-state index is 13.2. The molecule has 1 atom stereocenters. The molecule has 12 heteroatoms. The molecule has 1 saturated heterocycles. The number of carbonyl (C=O) groups is 2. The summed E-state index contributed by atoms with van der Waals surface area (Å²) < 4.78 is 0.548. The number of aliphatic hydroxyl groups excluding tert-OH is 1. The van der Waals surface area contributed by atoms with Crippen LogP contribution in [0.4, 0.5) is 5.13 Å². The molecule has 37 heavy (non-hydrogen) atoms. The second kappa shape index (κ2) is 10.5. The highest BCUT2D eigenvalue weighted by atomic mass is 35.5. The Balaban J connectivity index is 1.53. The number of benzene rings is 2. The van der Waals surface area contributed by atoms with Crippen molar-refractivity contribution < 1.29 is 19.8 Å². The summed E-state index contributed by atoms with van der Waals surface area (Å²) in [6.45, 7) is 0. The van der Waals surface area contributed by atoms with Crippen LogP contribution in [-0.4, -0.2) is 37.1 Å². The summed E-state index contributed by atoms with van der Waals surface area (Å²) in [5.74, 6) is -1.66. The SMILES string of the molecule is O=C1C(=O)N(c2nnc(SCc3ccc(Cl)cc3Cl)s2)C(c2cccc(O)c2)C1=C(O)c1ccncc1. The van der Waals surface area contributed by atoms with Crippen molar-refractivity contribution in [2.45, 2.75) is 16.1 Å². The van der Waals surface area contributed by atoms with E-state index in [0.717, 1.165) is 16.9 Å². The number of aromatic nitrogens is 3. The number of carbonyl (C=O) groups excluding carboxylic acids is 2. The average Bonchev–Trinajstić information content (AvgIpc) is 3.46. The molecule has 186 valence electrons. The Kier molecular flexibility index (Phi) is 7.16. The molecule has 1 aliphatic rings. The van der Waals surface area contributed by atoms with Crippen molar-refractivity contribution in [2.75, 3.05) is 4.90 Å². The Bertz CT molecular complexity index is 1540. The van der Waals surface area contributed by atoms with E-state index in [2.05, 4.69) is 15.2 Å². The van der Waals surface area contributed by atoms with Gasteiger partial charge in [0.05, 0.1) is 11.6 Å². The number of thioether (sulfide) groups is 1. The van der Waals surface area contributed by atoms with Crippen LogP contribution in [0.25, 0.3) is 5.76 Å². The predicted molar refractivity (Wildman–Crippen MR) is 143 cm³/mol. The third-order valence-electron chi connectivity index (χ3n) is 5.55. The summed E-state index contributed by atoms with van der Waals surface area (Å²) in [4.78, 5) is 31.6. The molecule has 1 amide bonds. The number of hydrogen-bond donors (Lipinski definition) is 2. The maximum Gasteiger partial charge on any atom is 0.301 e. The molecular weight excluding hydrogens is 555 g/mol. The first-order valence-electron chi connectivity index (χ1n) is 10.7. The van der Waals surface area contributed by atoms with Crippen LogP contribution in [0.5, 0.6) is 5.75 Å². The lowest BCUT2D eigenvalue weighted by Gasteiger charge is -2.22. The number of aromatic hydroxyl groups is 1. The van der Waals surface area contributed by atoms with E-state index in [0.29, 0.717) is 31.3 Å². The summed E-state index contributed by atoms with van der Waals surface area (Å²) >= 11 is 14.7. The van der Waals surface area contributed by atoms with E-state index in [9.17, 15) is 19.8 Å². The molecule has 1 unspecified atom stereocenters. The van der Waals surface area contributed by atoms with Crippen LogP contribution in [0.3, 0.4) is 0 Å². The summed E-state index contributed by atoms with van der Waals surface area (Å²) in [5.41, 5.74) is 1.48. The normalized spacial score (nSPS) is 16.9. The Morgan fingerprint density at radius 1 is 1.05 bits per heavy atom. The van der Waals surface area contributed by atoms with Gasteiger partial charge in [-0.3, -0.25) is 19.5 Å². The van der Waals surface area contributed by atoms with Crippen LogP contribution in [0.2, 0.25) is 10.0 Å². The van der Waals surface area contributed by atoms with Crippen molar-refractivity contribution in [3.05, 3.63) is 99.3 Å². The van der Waals surface area contributed by atoms with Crippen LogP contribution in [0.15, 0.2) is 76.9 Å². The number of pyridine rings is 1. The van der Waals surface area contributed by atoms with Gasteiger partial charge in [0.2, 0.25) is 5.13 Å². The summed E-state index contributed by atoms with van der Waals surface area (Å²) in [7, 11) is 0. The van der Waals surface area contributed by atoms with Crippen molar-refractivity contribution >= 4 is 68.9 Å². The van der Waals surface area contributed by atoms with E-state index < -0.39 is 17.7 Å². The van der Waals surface area contributed by atoms with Crippen molar-refractivity contribution in [1.29, 1.82) is 0 Å². The third kappa shape index (κ3) is 5.05. The smallest absolute Gasteiger partial charge is 0.301 e. The molecule has 0 saturated carbocycles. The van der Waals surface area contributed by atoms with Crippen LogP contribution in [-0.2, 0) is 15.3 Å². The molecule has 0 aliphatic carbocycles. The number of hydrogen-bond acceptors (Lipinski definition) is 9. The number of nitrogens with zero attached hydrogens (tertiary/aromatic N) is 4. The molecule has 3 heterocycles.